The second kappa shape index (κ2) is 6.12. The van der Waals surface area contributed by atoms with Crippen molar-refractivity contribution in [1.29, 1.82) is 0 Å². The molecule has 6 N–H and O–H groups in total. The van der Waals surface area contributed by atoms with Gasteiger partial charge in [0.05, 0.1) is 24.3 Å². The summed E-state index contributed by atoms with van der Waals surface area (Å²) in [6, 6.07) is 7.77. The number of imidazole rings is 1. The van der Waals surface area contributed by atoms with Gasteiger partial charge in [0.2, 0.25) is 5.91 Å². The Bertz CT molecular complexity index is 1100. The number of amides is 1. The first kappa shape index (κ1) is 16.0. The Morgan fingerprint density at radius 1 is 1.27 bits per heavy atom. The highest BCUT2D eigenvalue weighted by Crippen LogP contribution is 2.29. The van der Waals surface area contributed by atoms with E-state index in [1.54, 1.807) is 13.2 Å². The van der Waals surface area contributed by atoms with Crippen LogP contribution in [0.1, 0.15) is 5.82 Å². The number of carbonyl (C=O) groups excluding carboxylic acids is 1. The third-order valence-corrected chi connectivity index (χ3v) is 4.30. The zero-order valence-electron chi connectivity index (χ0n) is 14.2. The van der Waals surface area contributed by atoms with Gasteiger partial charge in [0.25, 0.3) is 0 Å². The lowest BCUT2D eigenvalue weighted by Gasteiger charge is -2.13. The van der Waals surface area contributed by atoms with Crippen LogP contribution >= 0.6 is 0 Å². The number of fused-ring (bicyclic) bond motifs is 3. The topological polar surface area (TPSA) is 143 Å². The molecule has 0 unspecified atom stereocenters. The molecule has 0 bridgehead atoms. The fourth-order valence-electron chi connectivity index (χ4n) is 2.94. The largest absolute Gasteiger partial charge is 0.382 e. The van der Waals surface area contributed by atoms with Crippen molar-refractivity contribution in [3.8, 4) is 11.3 Å². The summed E-state index contributed by atoms with van der Waals surface area (Å²) in [6.07, 6.45) is 1.70. The summed E-state index contributed by atoms with van der Waals surface area (Å²) < 4.78 is 0. The van der Waals surface area contributed by atoms with E-state index in [9.17, 15) is 4.79 Å². The number of hydrogen-bond donors (Lipinski definition) is 4. The maximum absolute atomic E-state index is 11.7. The zero-order valence-corrected chi connectivity index (χ0v) is 14.2. The van der Waals surface area contributed by atoms with Crippen LogP contribution in [0.25, 0.3) is 33.2 Å². The van der Waals surface area contributed by atoms with Gasteiger partial charge in [-0.25, -0.2) is 9.97 Å². The van der Waals surface area contributed by atoms with Crippen LogP contribution in [0.2, 0.25) is 0 Å². The van der Waals surface area contributed by atoms with Crippen LogP contribution in [0.4, 0.5) is 5.82 Å². The van der Waals surface area contributed by atoms with Crippen LogP contribution in [-0.4, -0.2) is 49.5 Å². The quantitative estimate of drug-likeness (QED) is 0.432. The summed E-state index contributed by atoms with van der Waals surface area (Å²) in [7, 11) is 1.68. The minimum Gasteiger partial charge on any atom is -0.382 e. The van der Waals surface area contributed by atoms with Crippen LogP contribution in [0.5, 0.6) is 0 Å². The number of pyridine rings is 1. The molecular weight excluding hydrogens is 332 g/mol. The normalized spacial score (nSPS) is 11.3. The Balaban J connectivity index is 1.80. The SMILES string of the molecule is CN(Cc1nc2c([nH]1)c(N)nc1cc(-c3ccn[nH]3)ccc12)C(=O)CN. The molecule has 9 nitrogen and oxygen atoms in total. The van der Waals surface area contributed by atoms with Gasteiger partial charge >= 0.3 is 0 Å². The van der Waals surface area contributed by atoms with Crippen LogP contribution in [0.15, 0.2) is 30.5 Å². The van der Waals surface area contributed by atoms with E-state index in [0.29, 0.717) is 23.7 Å². The first-order valence-corrected chi connectivity index (χ1v) is 8.08. The van der Waals surface area contributed by atoms with E-state index < -0.39 is 0 Å². The number of nitrogens with zero attached hydrogens (tertiary/aromatic N) is 4. The van der Waals surface area contributed by atoms with E-state index in [2.05, 4.69) is 25.1 Å². The summed E-state index contributed by atoms with van der Waals surface area (Å²) in [5.74, 6) is 0.828. The van der Waals surface area contributed by atoms with Crippen molar-refractivity contribution in [3.05, 3.63) is 36.3 Å². The molecule has 132 valence electrons. The van der Waals surface area contributed by atoms with Gasteiger partial charge in [-0.15, -0.1) is 0 Å². The highest BCUT2D eigenvalue weighted by atomic mass is 16.2. The van der Waals surface area contributed by atoms with Gasteiger partial charge in [0, 0.05) is 24.2 Å². The maximum Gasteiger partial charge on any atom is 0.236 e. The molecule has 26 heavy (non-hydrogen) atoms. The summed E-state index contributed by atoms with van der Waals surface area (Å²) in [4.78, 5) is 25.5. The predicted molar refractivity (Wildman–Crippen MR) is 98.9 cm³/mol. The predicted octanol–water partition coefficient (Wildman–Crippen LogP) is 1.00. The average Bonchev–Trinajstić information content (AvgIpc) is 3.30. The first-order valence-electron chi connectivity index (χ1n) is 8.08. The number of aromatic amines is 2. The van der Waals surface area contributed by atoms with Crippen LogP contribution in [-0.2, 0) is 11.3 Å². The number of H-pyrrole nitrogens is 2. The molecule has 0 saturated carbocycles. The monoisotopic (exact) mass is 350 g/mol. The van der Waals surface area contributed by atoms with Crippen molar-refractivity contribution >= 4 is 33.7 Å². The van der Waals surface area contributed by atoms with Crippen molar-refractivity contribution in [2.75, 3.05) is 19.3 Å². The van der Waals surface area contributed by atoms with Crippen molar-refractivity contribution in [1.82, 2.24) is 30.0 Å². The van der Waals surface area contributed by atoms with E-state index in [-0.39, 0.29) is 12.5 Å². The fourth-order valence-corrected chi connectivity index (χ4v) is 2.94. The van der Waals surface area contributed by atoms with Gasteiger partial charge in [0.1, 0.15) is 22.7 Å². The maximum atomic E-state index is 11.7. The number of anilines is 1. The third kappa shape index (κ3) is 2.64. The Morgan fingerprint density at radius 3 is 2.85 bits per heavy atom. The molecule has 0 radical (unpaired) electrons. The van der Waals surface area contributed by atoms with Gasteiger partial charge in [-0.05, 0) is 18.2 Å². The number of aromatic nitrogens is 5. The molecule has 0 saturated heterocycles. The Labute approximate surface area is 148 Å². The molecule has 0 aliphatic carbocycles. The van der Waals surface area contributed by atoms with Crippen LogP contribution < -0.4 is 11.5 Å². The molecular formula is C17H18N8O. The van der Waals surface area contributed by atoms with Crippen LogP contribution in [0, 0.1) is 0 Å². The third-order valence-electron chi connectivity index (χ3n) is 4.30. The molecule has 3 aromatic heterocycles. The van der Waals surface area contributed by atoms with E-state index in [4.69, 9.17) is 11.5 Å². The summed E-state index contributed by atoms with van der Waals surface area (Å²) in [5, 5.41) is 7.79. The lowest BCUT2D eigenvalue weighted by atomic mass is 10.1. The lowest BCUT2D eigenvalue weighted by Crippen LogP contribution is -2.32. The van der Waals surface area contributed by atoms with Crippen molar-refractivity contribution in [3.63, 3.8) is 0 Å². The Hall–Kier alpha value is -3.46. The van der Waals surface area contributed by atoms with E-state index >= 15 is 0 Å². The van der Waals surface area contributed by atoms with E-state index in [0.717, 1.165) is 27.7 Å². The zero-order chi connectivity index (χ0) is 18.3. The van der Waals surface area contributed by atoms with Gasteiger partial charge < -0.3 is 21.4 Å². The molecule has 1 aromatic carbocycles. The summed E-state index contributed by atoms with van der Waals surface area (Å²) in [5.41, 5.74) is 15.5. The molecule has 0 aliphatic rings. The smallest absolute Gasteiger partial charge is 0.236 e. The number of hydrogen-bond acceptors (Lipinski definition) is 6. The van der Waals surface area contributed by atoms with Crippen LogP contribution in [0.3, 0.4) is 0 Å². The molecule has 0 spiro atoms. The van der Waals surface area contributed by atoms with Gasteiger partial charge in [-0.3, -0.25) is 9.89 Å². The Kier molecular flexibility index (Phi) is 3.77. The lowest BCUT2D eigenvalue weighted by molar-refractivity contribution is -0.128. The number of nitrogen functional groups attached to an aromatic ring is 1. The number of likely N-dealkylation sites (N-methyl/N-ethyl adjacent to an activating group) is 1. The molecule has 1 amide bonds. The van der Waals surface area contributed by atoms with Gasteiger partial charge in [-0.1, -0.05) is 6.07 Å². The summed E-state index contributed by atoms with van der Waals surface area (Å²) >= 11 is 0. The minimum absolute atomic E-state index is 0.0419. The molecule has 4 rings (SSSR count). The van der Waals surface area contributed by atoms with Crippen molar-refractivity contribution in [2.45, 2.75) is 6.54 Å². The molecule has 9 heteroatoms. The number of nitrogens with two attached hydrogens (primary N) is 2. The van der Waals surface area contributed by atoms with Crippen molar-refractivity contribution in [2.24, 2.45) is 5.73 Å². The fraction of sp³-hybridized carbons (Fsp3) is 0.176. The van der Waals surface area contributed by atoms with Crippen molar-refractivity contribution < 1.29 is 4.79 Å². The molecule has 0 atom stereocenters. The van der Waals surface area contributed by atoms with E-state index in [1.165, 1.54) is 4.90 Å². The second-order valence-corrected chi connectivity index (χ2v) is 6.06. The van der Waals surface area contributed by atoms with Gasteiger partial charge in [0.15, 0.2) is 0 Å². The van der Waals surface area contributed by atoms with Gasteiger partial charge in [-0.2, -0.15) is 5.10 Å². The molecule has 4 aromatic rings. The Morgan fingerprint density at radius 2 is 2.12 bits per heavy atom. The molecule has 0 aliphatic heterocycles. The highest BCUT2D eigenvalue weighted by Gasteiger charge is 2.15. The summed E-state index contributed by atoms with van der Waals surface area (Å²) in [6.45, 7) is 0.275. The average molecular weight is 350 g/mol. The number of benzene rings is 1. The number of rotatable bonds is 4. The highest BCUT2D eigenvalue weighted by molar-refractivity contribution is 6.07. The second-order valence-electron chi connectivity index (χ2n) is 6.06. The minimum atomic E-state index is -0.161. The standard InChI is InChI=1S/C17H18N8O/c1-25(14(26)7-18)8-13-22-15-10-3-2-9(11-4-5-20-24-11)6-12(10)21-17(19)16(15)23-13/h2-6H,7-8,18H2,1H3,(H2,19,21)(H,20,24)(H,22,23). The number of nitrogens with one attached hydrogen (secondary N) is 2. The van der Waals surface area contributed by atoms with E-state index in [1.807, 2.05) is 24.3 Å². The number of carbonyl (C=O) groups is 1. The first-order chi connectivity index (χ1) is 12.6. The molecule has 3 heterocycles. The molecule has 0 fully saturated rings.